The van der Waals surface area contributed by atoms with Crippen LogP contribution in [0.4, 0.5) is 18.9 Å². The minimum absolute atomic E-state index is 0.0836. The van der Waals surface area contributed by atoms with Crippen molar-refractivity contribution in [3.05, 3.63) is 42.2 Å². The van der Waals surface area contributed by atoms with Crippen molar-refractivity contribution in [2.24, 2.45) is 12.0 Å². The number of nitrogens with zero attached hydrogens (tertiary/aromatic N) is 4. The number of nitrogens with one attached hydrogen (secondary N) is 2. The first-order valence-electron chi connectivity index (χ1n) is 9.86. The van der Waals surface area contributed by atoms with Crippen LogP contribution >= 0.6 is 0 Å². The summed E-state index contributed by atoms with van der Waals surface area (Å²) in [6, 6.07) is 5.41. The smallest absolute Gasteiger partial charge is 0.419 e. The molecule has 0 aliphatic carbocycles. The topological polar surface area (TPSA) is 66.7 Å². The number of piperidine rings is 1. The number of hydrogen-bond acceptors (Lipinski definition) is 4. The van der Waals surface area contributed by atoms with Gasteiger partial charge >= 0.3 is 6.18 Å². The molecule has 1 atom stereocenters. The predicted molar refractivity (Wildman–Crippen MR) is 110 cm³/mol. The number of anilines is 1. The molecule has 10 heteroatoms. The molecule has 2 heterocycles. The van der Waals surface area contributed by atoms with Crippen LogP contribution in [-0.2, 0) is 13.2 Å². The van der Waals surface area contributed by atoms with Crippen LogP contribution in [0.5, 0.6) is 5.75 Å². The Morgan fingerprint density at radius 2 is 2.13 bits per heavy atom. The fraction of sp³-hybridized carbons (Fsp3) is 0.500. The summed E-state index contributed by atoms with van der Waals surface area (Å²) in [4.78, 5) is 6.49. The number of aliphatic imine (C=N–C) groups is 1. The molecule has 1 saturated heterocycles. The molecule has 1 aliphatic rings. The van der Waals surface area contributed by atoms with Gasteiger partial charge in [-0.3, -0.25) is 9.67 Å². The summed E-state index contributed by atoms with van der Waals surface area (Å²) < 4.78 is 46.2. The average Bonchev–Trinajstić information content (AvgIpc) is 3.16. The molecule has 164 valence electrons. The summed E-state index contributed by atoms with van der Waals surface area (Å²) >= 11 is 0. The lowest BCUT2D eigenvalue weighted by molar-refractivity contribution is -0.138. The minimum atomic E-state index is -4.44. The minimum Gasteiger partial charge on any atom is -0.491 e. The fourth-order valence-corrected chi connectivity index (χ4v) is 3.45. The molecule has 1 aromatic heterocycles. The number of halogens is 3. The number of ether oxygens (including phenoxy) is 1. The Kier molecular flexibility index (Phi) is 7.07. The summed E-state index contributed by atoms with van der Waals surface area (Å²) in [7, 11) is 3.56. The summed E-state index contributed by atoms with van der Waals surface area (Å²) in [5.74, 6) is 0.426. The maximum absolute atomic E-state index is 13.0. The Bertz CT molecular complexity index is 851. The summed E-state index contributed by atoms with van der Waals surface area (Å²) in [5, 5.41) is 10.7. The lowest BCUT2D eigenvalue weighted by Crippen LogP contribution is -2.51. The zero-order chi connectivity index (χ0) is 21.6. The van der Waals surface area contributed by atoms with Gasteiger partial charge in [-0.15, -0.1) is 0 Å². The van der Waals surface area contributed by atoms with Crippen molar-refractivity contribution in [2.45, 2.75) is 25.1 Å². The Hall–Kier alpha value is -2.91. The van der Waals surface area contributed by atoms with Crippen LogP contribution in [0.25, 0.3) is 0 Å². The van der Waals surface area contributed by atoms with Gasteiger partial charge in [0.2, 0.25) is 0 Å². The Balaban J connectivity index is 1.46. The van der Waals surface area contributed by atoms with Crippen molar-refractivity contribution in [1.82, 2.24) is 20.4 Å². The van der Waals surface area contributed by atoms with Crippen molar-refractivity contribution >= 4 is 11.6 Å². The van der Waals surface area contributed by atoms with Crippen LogP contribution in [0.15, 0.2) is 41.7 Å². The number of alkyl halides is 3. The van der Waals surface area contributed by atoms with E-state index in [0.29, 0.717) is 12.5 Å². The highest BCUT2D eigenvalue weighted by Crippen LogP contribution is 2.35. The molecule has 30 heavy (non-hydrogen) atoms. The van der Waals surface area contributed by atoms with E-state index in [1.165, 1.54) is 18.2 Å². The van der Waals surface area contributed by atoms with Crippen LogP contribution in [0.1, 0.15) is 18.4 Å². The van der Waals surface area contributed by atoms with E-state index in [9.17, 15) is 13.2 Å². The van der Waals surface area contributed by atoms with Gasteiger partial charge in [0.1, 0.15) is 12.4 Å². The van der Waals surface area contributed by atoms with E-state index in [2.05, 4.69) is 25.6 Å². The second-order valence-electron chi connectivity index (χ2n) is 7.14. The zero-order valence-electron chi connectivity index (χ0n) is 17.1. The molecule has 3 rings (SSSR count). The first kappa shape index (κ1) is 21.8. The van der Waals surface area contributed by atoms with E-state index < -0.39 is 11.7 Å². The maximum atomic E-state index is 13.0. The second-order valence-corrected chi connectivity index (χ2v) is 7.14. The van der Waals surface area contributed by atoms with Crippen molar-refractivity contribution in [3.63, 3.8) is 0 Å². The molecule has 1 fully saturated rings. The van der Waals surface area contributed by atoms with Crippen LogP contribution in [0, 0.1) is 0 Å². The quantitative estimate of drug-likeness (QED) is 0.424. The molecule has 0 radical (unpaired) electrons. The highest BCUT2D eigenvalue weighted by molar-refractivity contribution is 5.80. The SMILES string of the molecule is CN=C(NCCOc1ccccc1C(F)(F)F)NC1CCCN(c2cnn(C)c2)C1. The third kappa shape index (κ3) is 5.80. The standard InChI is InChI=1S/C20H27F3N6O/c1-24-19(25-9-11-30-18-8-4-3-7-17(18)20(21,22)23)27-15-6-5-10-29(13-15)16-12-26-28(2)14-16/h3-4,7-8,12,14-15H,5-6,9-11,13H2,1-2H3,(H2,24,25,27). The predicted octanol–water partition coefficient (Wildman–Crippen LogP) is 2.65. The van der Waals surface area contributed by atoms with Gasteiger partial charge in [0, 0.05) is 39.4 Å². The number of hydrogen-bond donors (Lipinski definition) is 2. The largest absolute Gasteiger partial charge is 0.491 e. The number of rotatable bonds is 6. The maximum Gasteiger partial charge on any atom is 0.419 e. The van der Waals surface area contributed by atoms with E-state index in [1.807, 2.05) is 19.4 Å². The number of guanidine groups is 1. The molecule has 1 aliphatic heterocycles. The van der Waals surface area contributed by atoms with E-state index >= 15 is 0 Å². The first-order valence-corrected chi connectivity index (χ1v) is 9.86. The molecular formula is C20H27F3N6O. The summed E-state index contributed by atoms with van der Waals surface area (Å²) in [5.41, 5.74) is 0.314. The van der Waals surface area contributed by atoms with Crippen molar-refractivity contribution in [1.29, 1.82) is 0 Å². The van der Waals surface area contributed by atoms with E-state index in [4.69, 9.17) is 4.74 Å². The summed E-state index contributed by atoms with van der Waals surface area (Å²) in [6.07, 6.45) is 1.45. The molecule has 0 saturated carbocycles. The van der Waals surface area contributed by atoms with Gasteiger partial charge in [0.05, 0.1) is 24.0 Å². The zero-order valence-corrected chi connectivity index (χ0v) is 17.1. The van der Waals surface area contributed by atoms with Crippen molar-refractivity contribution in [3.8, 4) is 5.75 Å². The number of aromatic nitrogens is 2. The molecule has 0 spiro atoms. The van der Waals surface area contributed by atoms with Crippen molar-refractivity contribution < 1.29 is 17.9 Å². The Morgan fingerprint density at radius 1 is 1.33 bits per heavy atom. The van der Waals surface area contributed by atoms with Crippen LogP contribution in [-0.4, -0.2) is 55.1 Å². The Morgan fingerprint density at radius 3 is 2.83 bits per heavy atom. The number of aryl methyl sites for hydroxylation is 1. The van der Waals surface area contributed by atoms with Crippen LogP contribution in [0.2, 0.25) is 0 Å². The van der Waals surface area contributed by atoms with Gasteiger partial charge in [0.15, 0.2) is 5.96 Å². The van der Waals surface area contributed by atoms with Crippen LogP contribution < -0.4 is 20.3 Å². The molecule has 1 aromatic carbocycles. The number of benzene rings is 1. The Labute approximate surface area is 173 Å². The molecular weight excluding hydrogens is 397 g/mol. The van der Waals surface area contributed by atoms with Gasteiger partial charge in [-0.05, 0) is 25.0 Å². The lowest BCUT2D eigenvalue weighted by Gasteiger charge is -2.34. The van der Waals surface area contributed by atoms with Crippen LogP contribution in [0.3, 0.4) is 0 Å². The third-order valence-electron chi connectivity index (χ3n) is 4.89. The normalized spacial score (nSPS) is 17.7. The fourth-order valence-electron chi connectivity index (χ4n) is 3.45. The molecule has 1 unspecified atom stereocenters. The second kappa shape index (κ2) is 9.73. The highest BCUT2D eigenvalue weighted by atomic mass is 19.4. The van der Waals surface area contributed by atoms with Crippen molar-refractivity contribution in [2.75, 3.05) is 38.2 Å². The van der Waals surface area contributed by atoms with Gasteiger partial charge < -0.3 is 20.3 Å². The van der Waals surface area contributed by atoms with Gasteiger partial charge in [0.25, 0.3) is 0 Å². The molecule has 0 amide bonds. The molecule has 2 N–H and O–H groups in total. The van der Waals surface area contributed by atoms with E-state index in [-0.39, 0.29) is 18.4 Å². The monoisotopic (exact) mass is 424 g/mol. The molecule has 2 aromatic rings. The van der Waals surface area contributed by atoms with E-state index in [1.54, 1.807) is 11.7 Å². The molecule has 7 nitrogen and oxygen atoms in total. The summed E-state index contributed by atoms with van der Waals surface area (Å²) in [6.45, 7) is 2.20. The molecule has 0 bridgehead atoms. The van der Waals surface area contributed by atoms with E-state index in [0.717, 1.165) is 37.7 Å². The number of para-hydroxylation sites is 1. The van der Waals surface area contributed by atoms with Gasteiger partial charge in [-0.25, -0.2) is 0 Å². The highest BCUT2D eigenvalue weighted by Gasteiger charge is 2.34. The van der Waals surface area contributed by atoms with Gasteiger partial charge in [-0.1, -0.05) is 12.1 Å². The average molecular weight is 424 g/mol. The first-order chi connectivity index (χ1) is 14.4. The lowest BCUT2D eigenvalue weighted by atomic mass is 10.1. The third-order valence-corrected chi connectivity index (χ3v) is 4.89. The van der Waals surface area contributed by atoms with Gasteiger partial charge in [-0.2, -0.15) is 18.3 Å².